The second kappa shape index (κ2) is 11.6. The molecule has 0 fully saturated rings. The first kappa shape index (κ1) is 29.6. The molecule has 0 unspecified atom stereocenters. The van der Waals surface area contributed by atoms with Gasteiger partial charge in [-0.3, -0.25) is 9.78 Å². The summed E-state index contributed by atoms with van der Waals surface area (Å²) in [4.78, 5) is 14.8. The Labute approximate surface area is 230 Å². The van der Waals surface area contributed by atoms with Crippen molar-refractivity contribution in [2.24, 2.45) is 0 Å². The molecule has 0 bridgehead atoms. The van der Waals surface area contributed by atoms with Crippen LogP contribution in [0.5, 0.6) is 0 Å². The van der Waals surface area contributed by atoms with Gasteiger partial charge in [0, 0.05) is 38.1 Å². The maximum Gasteiger partial charge on any atom is 0.155 e. The molecule has 3 nitrogen and oxygen atoms in total. The van der Waals surface area contributed by atoms with Crippen LogP contribution in [-0.4, -0.2) is 23.9 Å². The van der Waals surface area contributed by atoms with E-state index in [0.29, 0.717) is 0 Å². The van der Waals surface area contributed by atoms with E-state index in [1.807, 2.05) is 6.20 Å². The first-order valence-corrected chi connectivity index (χ1v) is 15.5. The zero-order valence-corrected chi connectivity index (χ0v) is 25.9. The van der Waals surface area contributed by atoms with Gasteiger partial charge in [0.1, 0.15) is 0 Å². The number of allylic oxidation sites excluding steroid dienone is 2. The topological polar surface area (TPSA) is 50.2 Å². The number of ketones is 1. The molecular weight excluding hydrogens is 639 g/mol. The summed E-state index contributed by atoms with van der Waals surface area (Å²) in [6, 6.07) is 23.5. The van der Waals surface area contributed by atoms with Crippen molar-refractivity contribution in [1.82, 2.24) is 4.98 Å². The van der Waals surface area contributed by atoms with Crippen molar-refractivity contribution in [3.8, 4) is 11.3 Å². The number of nitrogens with zero attached hydrogens (tertiary/aromatic N) is 1. The second-order valence-corrected chi connectivity index (χ2v) is 16.2. The number of carbonyl (C=O) groups excluding carboxylic acids is 1. The quantitative estimate of drug-likeness (QED) is 0.105. The molecule has 36 heavy (non-hydrogen) atoms. The van der Waals surface area contributed by atoms with Crippen molar-refractivity contribution >= 4 is 40.6 Å². The van der Waals surface area contributed by atoms with Gasteiger partial charge >= 0.3 is 0 Å². The molecule has 5 heteroatoms. The molecule has 0 saturated heterocycles. The number of benzene rings is 3. The Morgan fingerprint density at radius 3 is 2.19 bits per heavy atom. The van der Waals surface area contributed by atoms with Gasteiger partial charge in [-0.25, -0.2) is 0 Å². The fourth-order valence-electron chi connectivity index (χ4n) is 4.13. The first-order chi connectivity index (χ1) is 16.3. The number of pyridine rings is 1. The van der Waals surface area contributed by atoms with E-state index in [9.17, 15) is 4.79 Å². The van der Waals surface area contributed by atoms with Gasteiger partial charge in [-0.15, -0.1) is 29.1 Å². The number of aliphatic hydroxyl groups is 1. The molecule has 0 aliphatic heterocycles. The third-order valence-corrected chi connectivity index (χ3v) is 7.92. The molecule has 4 aromatic rings. The molecule has 4 rings (SSSR count). The minimum atomic E-state index is -1.35. The van der Waals surface area contributed by atoms with Crippen LogP contribution in [0.15, 0.2) is 72.6 Å². The van der Waals surface area contributed by atoms with Crippen molar-refractivity contribution in [2.45, 2.75) is 59.7 Å². The SMILES string of the molecule is CC(=O)/C=C(/C)O.CC(C)(C)c1cc(-c2nccc3cc([Si](C)(C)C)ccc23)[c-]c2ccccc12.[Ir]. The molecule has 0 amide bonds. The minimum Gasteiger partial charge on any atom is -0.512 e. The van der Waals surface area contributed by atoms with E-state index in [1.54, 1.807) is 0 Å². The molecule has 1 aromatic heterocycles. The van der Waals surface area contributed by atoms with E-state index >= 15 is 0 Å². The van der Waals surface area contributed by atoms with Crippen molar-refractivity contribution in [2.75, 3.05) is 0 Å². The summed E-state index contributed by atoms with van der Waals surface area (Å²) in [6.07, 6.45) is 3.10. The zero-order valence-electron chi connectivity index (χ0n) is 22.5. The molecule has 191 valence electrons. The summed E-state index contributed by atoms with van der Waals surface area (Å²) < 4.78 is 0. The normalized spacial score (nSPS) is 12.1. The summed E-state index contributed by atoms with van der Waals surface area (Å²) >= 11 is 0. The average Bonchev–Trinajstić information content (AvgIpc) is 2.75. The van der Waals surface area contributed by atoms with Crippen LogP contribution in [0, 0.1) is 6.07 Å². The molecule has 0 aliphatic carbocycles. The van der Waals surface area contributed by atoms with E-state index in [1.165, 1.54) is 46.8 Å². The molecule has 0 aliphatic rings. The predicted molar refractivity (Wildman–Crippen MR) is 152 cm³/mol. The molecule has 3 aromatic carbocycles. The molecule has 0 spiro atoms. The molecule has 1 heterocycles. The molecule has 1 N–H and O–H groups in total. The largest absolute Gasteiger partial charge is 0.512 e. The smallest absolute Gasteiger partial charge is 0.155 e. The number of hydrogen-bond donors (Lipinski definition) is 1. The summed E-state index contributed by atoms with van der Waals surface area (Å²) in [6.45, 7) is 16.8. The number of aromatic nitrogens is 1. The van der Waals surface area contributed by atoms with E-state index in [2.05, 4.69) is 101 Å². The maximum atomic E-state index is 10.0. The monoisotopic (exact) mass is 675 g/mol. The summed E-state index contributed by atoms with van der Waals surface area (Å²) in [5, 5.41) is 14.7. The fraction of sp³-hybridized carbons (Fsp3) is 0.290. The Morgan fingerprint density at radius 2 is 1.64 bits per heavy atom. The molecule has 0 atom stereocenters. The Balaban J connectivity index is 0.000000503. The van der Waals surface area contributed by atoms with Gasteiger partial charge in [0.05, 0.1) is 13.8 Å². The number of fused-ring (bicyclic) bond motifs is 2. The Bertz CT molecular complexity index is 1410. The summed E-state index contributed by atoms with van der Waals surface area (Å²) in [5.41, 5.74) is 3.50. The van der Waals surface area contributed by atoms with Gasteiger partial charge < -0.3 is 5.11 Å². The van der Waals surface area contributed by atoms with Crippen LogP contribution in [0.2, 0.25) is 19.6 Å². The predicted octanol–water partition coefficient (Wildman–Crippen LogP) is 7.73. The maximum absolute atomic E-state index is 10.0. The summed E-state index contributed by atoms with van der Waals surface area (Å²) in [7, 11) is -1.35. The van der Waals surface area contributed by atoms with Crippen LogP contribution in [0.25, 0.3) is 32.8 Å². The van der Waals surface area contributed by atoms with Crippen LogP contribution in [-0.2, 0) is 30.3 Å². The average molecular weight is 675 g/mol. The van der Waals surface area contributed by atoms with Gasteiger partial charge in [0.2, 0.25) is 0 Å². The van der Waals surface area contributed by atoms with Gasteiger partial charge in [0.25, 0.3) is 0 Å². The van der Waals surface area contributed by atoms with Crippen LogP contribution >= 0.6 is 0 Å². The van der Waals surface area contributed by atoms with Gasteiger partial charge in [0.15, 0.2) is 5.78 Å². The Kier molecular flexibility index (Phi) is 9.58. The van der Waals surface area contributed by atoms with Crippen molar-refractivity contribution < 1.29 is 30.0 Å². The fourth-order valence-corrected chi connectivity index (χ4v) is 5.30. The minimum absolute atomic E-state index is 0. The third-order valence-electron chi connectivity index (χ3n) is 5.88. The van der Waals surface area contributed by atoms with Gasteiger partial charge in [-0.2, -0.15) is 0 Å². The van der Waals surface area contributed by atoms with Crippen molar-refractivity contribution in [3.05, 3.63) is 84.3 Å². The standard InChI is InChI=1S/C26H28NSi.C5H8O2.Ir/c1-26(2,3)24-17-20(15-18-9-7-8-10-22(18)24)25-23-12-11-21(28(4,5)6)16-19(23)13-14-27-25;1-4(6)3-5(2)7;/h7-14,16-17H,1-6H3;3,6H,1-2H3;/q-1;;/b;4-3-;. The molecular formula is C31H36IrNO2Si-. The van der Waals surface area contributed by atoms with Crippen LogP contribution in [0.3, 0.4) is 0 Å². The molecule has 1 radical (unpaired) electrons. The number of hydrogen-bond acceptors (Lipinski definition) is 3. The van der Waals surface area contributed by atoms with E-state index in [4.69, 9.17) is 10.1 Å². The Hall–Kier alpha value is -2.59. The van der Waals surface area contributed by atoms with E-state index in [-0.39, 0.29) is 37.1 Å². The number of carbonyl (C=O) groups is 1. The molecule has 0 saturated carbocycles. The third kappa shape index (κ3) is 7.22. The summed E-state index contributed by atoms with van der Waals surface area (Å²) in [5.74, 6) is -0.0625. The number of rotatable bonds is 3. The second-order valence-electron chi connectivity index (χ2n) is 11.1. The number of aliphatic hydroxyl groups excluding tert-OH is 1. The first-order valence-electron chi connectivity index (χ1n) is 12.0. The van der Waals surface area contributed by atoms with E-state index in [0.717, 1.165) is 16.6 Å². The van der Waals surface area contributed by atoms with Gasteiger partial charge in [-0.1, -0.05) is 92.9 Å². The Morgan fingerprint density at radius 1 is 0.972 bits per heavy atom. The van der Waals surface area contributed by atoms with Crippen LogP contribution < -0.4 is 5.19 Å². The van der Waals surface area contributed by atoms with Crippen molar-refractivity contribution in [3.63, 3.8) is 0 Å². The van der Waals surface area contributed by atoms with Crippen LogP contribution in [0.4, 0.5) is 0 Å². The van der Waals surface area contributed by atoms with Gasteiger partial charge in [-0.05, 0) is 36.1 Å². The van der Waals surface area contributed by atoms with Crippen molar-refractivity contribution in [1.29, 1.82) is 0 Å². The van der Waals surface area contributed by atoms with E-state index < -0.39 is 8.07 Å². The zero-order chi connectivity index (χ0) is 26.0. The van der Waals surface area contributed by atoms with Crippen LogP contribution in [0.1, 0.15) is 40.2 Å².